The smallest absolute Gasteiger partial charge is 0.320 e. The highest BCUT2D eigenvalue weighted by atomic mass is 31.2. The highest BCUT2D eigenvalue weighted by Crippen LogP contribution is 2.59. The first kappa shape index (κ1) is 22.4. The normalized spacial score (nSPS) is 24.6. The van der Waals surface area contributed by atoms with Crippen LogP contribution in [0.5, 0.6) is 5.75 Å². The minimum Gasteiger partial charge on any atom is -0.508 e. The maximum Gasteiger partial charge on any atom is 0.320 e. The lowest BCUT2D eigenvalue weighted by Gasteiger charge is -2.43. The molecule has 1 fully saturated rings. The van der Waals surface area contributed by atoms with Crippen LogP contribution in [0.3, 0.4) is 0 Å². The fourth-order valence-electron chi connectivity index (χ4n) is 4.07. The number of aromatic hydroxyl groups is 1. The maximum atomic E-state index is 12.9. The molecule has 0 radical (unpaired) electrons. The predicted molar refractivity (Wildman–Crippen MR) is 115 cm³/mol. The summed E-state index contributed by atoms with van der Waals surface area (Å²) in [5.74, 6) is -1.10. The van der Waals surface area contributed by atoms with Crippen LogP contribution < -0.4 is 5.73 Å². The number of phenols is 1. The van der Waals surface area contributed by atoms with E-state index in [1.807, 2.05) is 17.0 Å². The number of phenolic OH excluding ortho intramolecular Hbond substituents is 1. The van der Waals surface area contributed by atoms with E-state index in [1.54, 1.807) is 30.6 Å². The second-order valence-electron chi connectivity index (χ2n) is 7.80. The topological polar surface area (TPSA) is 137 Å². The van der Waals surface area contributed by atoms with Gasteiger partial charge in [-0.3, -0.25) is 19.2 Å². The van der Waals surface area contributed by atoms with Crippen molar-refractivity contribution < 1.29 is 24.5 Å². The van der Waals surface area contributed by atoms with E-state index in [4.69, 9.17) is 5.73 Å². The average Bonchev–Trinajstić information content (AvgIpc) is 2.72. The van der Waals surface area contributed by atoms with Crippen LogP contribution in [-0.2, 0) is 15.9 Å². The van der Waals surface area contributed by atoms with E-state index >= 15 is 0 Å². The van der Waals surface area contributed by atoms with Gasteiger partial charge in [0.1, 0.15) is 5.75 Å². The second-order valence-corrected chi connectivity index (χ2v) is 10.5. The van der Waals surface area contributed by atoms with Crippen molar-refractivity contribution in [2.75, 3.05) is 25.8 Å². The summed E-state index contributed by atoms with van der Waals surface area (Å²) in [6.07, 6.45) is 4.49. The van der Waals surface area contributed by atoms with Gasteiger partial charge in [0.15, 0.2) is 5.16 Å². The van der Waals surface area contributed by atoms with Crippen LogP contribution in [0.25, 0.3) is 11.1 Å². The fraction of sp³-hybridized carbons (Fsp3) is 0.429. The highest BCUT2D eigenvalue weighted by molar-refractivity contribution is 7.61. The molecule has 0 bridgehead atoms. The summed E-state index contributed by atoms with van der Waals surface area (Å²) < 4.78 is 12.9. The molecule has 2 atom stereocenters. The summed E-state index contributed by atoms with van der Waals surface area (Å²) in [4.78, 5) is 28.7. The van der Waals surface area contributed by atoms with Crippen molar-refractivity contribution in [2.24, 2.45) is 5.73 Å². The lowest BCUT2D eigenvalue weighted by Crippen LogP contribution is -2.53. The number of aromatic nitrogens is 1. The van der Waals surface area contributed by atoms with E-state index in [0.29, 0.717) is 32.5 Å². The van der Waals surface area contributed by atoms with Crippen molar-refractivity contribution in [1.29, 1.82) is 0 Å². The number of hydrogen-bond acceptors (Lipinski definition) is 6. The van der Waals surface area contributed by atoms with Gasteiger partial charge in [-0.2, -0.15) is 0 Å². The Morgan fingerprint density at radius 2 is 1.97 bits per heavy atom. The van der Waals surface area contributed by atoms with Crippen molar-refractivity contribution in [3.05, 3.63) is 48.3 Å². The van der Waals surface area contributed by atoms with E-state index in [-0.39, 0.29) is 24.9 Å². The zero-order valence-electron chi connectivity index (χ0n) is 16.8. The number of aliphatic carboxylic acids is 1. The first-order valence-electron chi connectivity index (χ1n) is 9.99. The summed E-state index contributed by atoms with van der Waals surface area (Å²) >= 11 is 0. The van der Waals surface area contributed by atoms with Gasteiger partial charge in [-0.1, -0.05) is 12.5 Å². The molecule has 0 aliphatic carbocycles. The third-order valence-electron chi connectivity index (χ3n) is 5.79. The van der Waals surface area contributed by atoms with Gasteiger partial charge >= 0.3 is 5.97 Å². The predicted octanol–water partition coefficient (Wildman–Crippen LogP) is 2.49. The van der Waals surface area contributed by atoms with Gasteiger partial charge in [-0.05, 0) is 60.3 Å². The van der Waals surface area contributed by atoms with E-state index in [0.717, 1.165) is 16.7 Å². The Balaban J connectivity index is 1.89. The van der Waals surface area contributed by atoms with Crippen molar-refractivity contribution in [1.82, 2.24) is 9.88 Å². The number of nitrogens with zero attached hydrogens (tertiary/aromatic N) is 2. The molecule has 1 aromatic heterocycles. The molecule has 0 saturated carbocycles. The summed E-state index contributed by atoms with van der Waals surface area (Å²) in [6, 6.07) is 8.73. The van der Waals surface area contributed by atoms with Crippen LogP contribution in [-0.4, -0.2) is 61.9 Å². The quantitative estimate of drug-likeness (QED) is 0.368. The molecule has 2 aromatic rings. The Bertz CT molecular complexity index is 939. The van der Waals surface area contributed by atoms with E-state index in [9.17, 15) is 24.5 Å². The van der Waals surface area contributed by atoms with Gasteiger partial charge in [-0.25, -0.2) is 0 Å². The largest absolute Gasteiger partial charge is 0.508 e. The zero-order chi connectivity index (χ0) is 21.8. The summed E-state index contributed by atoms with van der Waals surface area (Å²) in [5, 5.41) is 18.2. The molecule has 0 amide bonds. The van der Waals surface area contributed by atoms with Crippen molar-refractivity contribution in [2.45, 2.75) is 31.0 Å². The van der Waals surface area contributed by atoms with E-state index < -0.39 is 18.5 Å². The lowest BCUT2D eigenvalue weighted by atomic mass is 9.97. The molecule has 9 heteroatoms. The lowest BCUT2D eigenvalue weighted by molar-refractivity contribution is -0.141. The third kappa shape index (κ3) is 4.57. The summed E-state index contributed by atoms with van der Waals surface area (Å²) in [6.45, 7) is 1.15. The number of carboxylic acid groups (broad SMARTS) is 1. The molecular weight excluding hydrogens is 405 g/mol. The number of benzene rings is 1. The van der Waals surface area contributed by atoms with Crippen LogP contribution in [0.15, 0.2) is 42.7 Å². The van der Waals surface area contributed by atoms with Crippen LogP contribution >= 0.6 is 7.37 Å². The number of pyridine rings is 1. The summed E-state index contributed by atoms with van der Waals surface area (Å²) in [5.41, 5.74) is 8.13. The van der Waals surface area contributed by atoms with Crippen LogP contribution in [0, 0.1) is 0 Å². The molecule has 1 aliphatic heterocycles. The Morgan fingerprint density at radius 3 is 2.63 bits per heavy atom. The van der Waals surface area contributed by atoms with Crippen molar-refractivity contribution in [3.8, 4) is 16.9 Å². The minimum atomic E-state index is -3.87. The number of hydrogen-bond donors (Lipinski definition) is 4. The molecule has 30 heavy (non-hydrogen) atoms. The van der Waals surface area contributed by atoms with E-state index in [1.165, 1.54) is 0 Å². The van der Waals surface area contributed by atoms with Crippen LogP contribution in [0.2, 0.25) is 0 Å². The van der Waals surface area contributed by atoms with E-state index in [2.05, 4.69) is 4.98 Å². The zero-order valence-corrected chi connectivity index (χ0v) is 17.7. The van der Waals surface area contributed by atoms with Gasteiger partial charge in [0.05, 0.1) is 0 Å². The standard InChI is InChI=1S/C21H28N3O5P/c22-8-2-1-7-21(20(26)27)15-24(11-12-30(21,28)29)14-17-3-4-18(25)13-19(17)16-5-9-23-10-6-16/h3-6,9-10,13,25H,1-2,7-8,11-12,14-15,22H2,(H,26,27)(H,28,29)/t21-/m0/s1. The highest BCUT2D eigenvalue weighted by Gasteiger charge is 2.56. The van der Waals surface area contributed by atoms with Gasteiger partial charge in [0.2, 0.25) is 7.37 Å². The molecular formula is C21H28N3O5P. The fourth-order valence-corrected chi connectivity index (χ4v) is 6.28. The van der Waals surface area contributed by atoms with Gasteiger partial charge < -0.3 is 20.8 Å². The van der Waals surface area contributed by atoms with Crippen LogP contribution in [0.1, 0.15) is 24.8 Å². The Morgan fingerprint density at radius 1 is 1.23 bits per heavy atom. The molecule has 3 rings (SSSR count). The molecule has 1 aromatic carbocycles. The first-order chi connectivity index (χ1) is 14.3. The third-order valence-corrected chi connectivity index (χ3v) is 8.49. The Hall–Kier alpha value is -2.25. The van der Waals surface area contributed by atoms with Crippen molar-refractivity contribution >= 4 is 13.3 Å². The average molecular weight is 433 g/mol. The minimum absolute atomic E-state index is 0.00263. The molecule has 1 saturated heterocycles. The number of nitrogens with two attached hydrogens (primary N) is 1. The molecule has 8 nitrogen and oxygen atoms in total. The molecule has 1 unspecified atom stereocenters. The number of rotatable bonds is 8. The SMILES string of the molecule is NCCCC[C@@]1(C(=O)O)CN(Cc2ccc(O)cc2-c2ccncc2)CCP1(=O)O. The molecule has 162 valence electrons. The molecule has 0 spiro atoms. The Kier molecular flexibility index (Phi) is 6.93. The number of carbonyl (C=O) groups is 1. The summed E-state index contributed by atoms with van der Waals surface area (Å²) in [7, 11) is -3.87. The molecule has 2 heterocycles. The van der Waals surface area contributed by atoms with Crippen molar-refractivity contribution in [3.63, 3.8) is 0 Å². The number of unbranched alkanes of at least 4 members (excludes halogenated alkanes) is 1. The van der Waals surface area contributed by atoms with Gasteiger partial charge in [-0.15, -0.1) is 0 Å². The number of carboxylic acids is 1. The monoisotopic (exact) mass is 433 g/mol. The maximum absolute atomic E-state index is 12.9. The van der Waals surface area contributed by atoms with Gasteiger partial charge in [0, 0.05) is 38.2 Å². The first-order valence-corrected chi connectivity index (χ1v) is 11.8. The Labute approximate surface area is 175 Å². The second kappa shape index (κ2) is 9.27. The van der Waals surface area contributed by atoms with Crippen LogP contribution in [0.4, 0.5) is 0 Å². The van der Waals surface area contributed by atoms with Gasteiger partial charge in [0.25, 0.3) is 0 Å². The molecule has 1 aliphatic rings. The molecule has 5 N–H and O–H groups in total.